The van der Waals surface area contributed by atoms with Gasteiger partial charge in [-0.05, 0) is 6.42 Å². The van der Waals surface area contributed by atoms with Crippen LogP contribution in [0.3, 0.4) is 0 Å². The fourth-order valence-electron chi connectivity index (χ4n) is 1.33. The minimum atomic E-state index is -4.39. The molecule has 0 aliphatic rings. The molecule has 0 saturated heterocycles. The summed E-state index contributed by atoms with van der Waals surface area (Å²) >= 11 is 0. The van der Waals surface area contributed by atoms with Crippen LogP contribution in [0.15, 0.2) is 30.3 Å². The first-order valence-electron chi connectivity index (χ1n) is 5.20. The van der Waals surface area contributed by atoms with Crippen molar-refractivity contribution in [1.82, 2.24) is 0 Å². The average molecular weight is 260 g/mol. The van der Waals surface area contributed by atoms with Gasteiger partial charge in [-0.25, -0.2) is 4.79 Å². The van der Waals surface area contributed by atoms with Gasteiger partial charge in [-0.1, -0.05) is 30.3 Å². The molecule has 0 atom stereocenters. The van der Waals surface area contributed by atoms with Crippen molar-refractivity contribution < 1.29 is 22.5 Å². The Kier molecular flexibility index (Phi) is 5.08. The molecule has 0 unspecified atom stereocenters. The van der Waals surface area contributed by atoms with E-state index in [1.165, 1.54) is 19.2 Å². The summed E-state index contributed by atoms with van der Waals surface area (Å²) in [5.41, 5.74) is 0. The van der Waals surface area contributed by atoms with Crippen LogP contribution in [-0.4, -0.2) is 28.6 Å². The lowest BCUT2D eigenvalue weighted by Gasteiger charge is -2.12. The Bertz CT molecular complexity index is 357. The van der Waals surface area contributed by atoms with Crippen LogP contribution in [0.5, 0.6) is 0 Å². The summed E-state index contributed by atoms with van der Waals surface area (Å²) in [6, 6.07) is 7.55. The second-order valence-electron chi connectivity index (χ2n) is 3.48. The topological polar surface area (TPSA) is 35.5 Å². The number of carbonyl (C=O) groups is 1. The van der Waals surface area contributed by atoms with Gasteiger partial charge < -0.3 is 9.47 Å². The number of methoxy groups -OCH3 is 1. The van der Waals surface area contributed by atoms with Gasteiger partial charge in [-0.3, -0.25) is 8.22 Å². The molecule has 0 radical (unpaired) electrons. The third-order valence-electron chi connectivity index (χ3n) is 2.22. The molecule has 0 bridgehead atoms. The Morgan fingerprint density at radius 2 is 1.94 bits per heavy atom. The van der Waals surface area contributed by atoms with Crippen LogP contribution in [-0.2, 0) is 9.47 Å². The van der Waals surface area contributed by atoms with Gasteiger partial charge in [0.2, 0.25) is 0 Å². The molecule has 0 aromatic heterocycles. The fourth-order valence-corrected chi connectivity index (χ4v) is 2.89. The summed E-state index contributed by atoms with van der Waals surface area (Å²) in [5, 5.41) is 0.109. The second kappa shape index (κ2) is 6.34. The summed E-state index contributed by atoms with van der Waals surface area (Å²) in [4.78, 5) is 10.6. The standard InChI is InChI=1S/C11H14F2O3Si/c1-15-11(14)16-8-5-9-17(12,13)10-6-3-2-4-7-10/h2-4,6-7H,5,8-9H2,1H3. The van der Waals surface area contributed by atoms with E-state index in [1.807, 2.05) is 0 Å². The van der Waals surface area contributed by atoms with Gasteiger partial charge in [0.15, 0.2) is 0 Å². The number of benzene rings is 1. The third kappa shape index (κ3) is 4.52. The van der Waals surface area contributed by atoms with Gasteiger partial charge in [0.25, 0.3) is 0 Å². The van der Waals surface area contributed by atoms with Gasteiger partial charge in [0.05, 0.1) is 13.7 Å². The lowest BCUT2D eigenvalue weighted by Crippen LogP contribution is -2.38. The summed E-state index contributed by atoms with van der Waals surface area (Å²) < 4.78 is 36.2. The molecule has 1 rings (SSSR count). The molecule has 0 spiro atoms. The molecule has 1 aromatic carbocycles. The van der Waals surface area contributed by atoms with E-state index in [-0.39, 0.29) is 24.3 Å². The smallest absolute Gasteiger partial charge is 0.438 e. The van der Waals surface area contributed by atoms with Crippen LogP contribution in [0.2, 0.25) is 6.04 Å². The predicted molar refractivity (Wildman–Crippen MR) is 61.8 cm³/mol. The monoisotopic (exact) mass is 260 g/mol. The molecule has 17 heavy (non-hydrogen) atoms. The van der Waals surface area contributed by atoms with Gasteiger partial charge in [0.1, 0.15) is 0 Å². The zero-order chi connectivity index (χ0) is 12.7. The normalized spacial score (nSPS) is 11.0. The Morgan fingerprint density at radius 1 is 1.29 bits per heavy atom. The summed E-state index contributed by atoms with van der Waals surface area (Å²) in [5.74, 6) is 0. The highest BCUT2D eigenvalue weighted by molar-refractivity contribution is 6.79. The van der Waals surface area contributed by atoms with Crippen molar-refractivity contribution in [2.75, 3.05) is 13.7 Å². The van der Waals surface area contributed by atoms with E-state index >= 15 is 0 Å². The van der Waals surface area contributed by atoms with Crippen molar-refractivity contribution in [3.8, 4) is 0 Å². The molecule has 0 N–H and O–H groups in total. The lowest BCUT2D eigenvalue weighted by atomic mass is 10.4. The third-order valence-corrected chi connectivity index (χ3v) is 4.38. The first kappa shape index (κ1) is 13.6. The number of carbonyl (C=O) groups excluding carboxylic acids is 1. The summed E-state index contributed by atoms with van der Waals surface area (Å²) in [7, 11) is -3.22. The van der Waals surface area contributed by atoms with Gasteiger partial charge in [0, 0.05) is 11.2 Å². The van der Waals surface area contributed by atoms with Crippen molar-refractivity contribution in [1.29, 1.82) is 0 Å². The number of halogens is 2. The predicted octanol–water partition coefficient (Wildman–Crippen LogP) is 2.45. The van der Waals surface area contributed by atoms with E-state index in [4.69, 9.17) is 0 Å². The Labute approximate surface area is 99.7 Å². The van der Waals surface area contributed by atoms with Crippen molar-refractivity contribution in [3.05, 3.63) is 30.3 Å². The highest BCUT2D eigenvalue weighted by atomic mass is 28.4. The Balaban J connectivity index is 2.38. The highest BCUT2D eigenvalue weighted by Crippen LogP contribution is 2.16. The van der Waals surface area contributed by atoms with E-state index in [9.17, 15) is 13.0 Å². The van der Waals surface area contributed by atoms with Crippen molar-refractivity contribution in [2.45, 2.75) is 12.5 Å². The molecule has 94 valence electrons. The molecule has 0 aliphatic heterocycles. The SMILES string of the molecule is COC(=O)OCCC[Si](F)(F)c1ccccc1. The number of hydrogen-bond donors (Lipinski definition) is 0. The quantitative estimate of drug-likeness (QED) is 0.353. The molecule has 6 heteroatoms. The van der Waals surface area contributed by atoms with E-state index in [0.717, 1.165) is 0 Å². The van der Waals surface area contributed by atoms with Crippen molar-refractivity contribution in [3.63, 3.8) is 0 Å². The zero-order valence-electron chi connectivity index (χ0n) is 9.49. The van der Waals surface area contributed by atoms with E-state index in [0.29, 0.717) is 0 Å². The fraction of sp³-hybridized carbons (Fsp3) is 0.364. The lowest BCUT2D eigenvalue weighted by molar-refractivity contribution is 0.0726. The minimum absolute atomic E-state index is 0.0396. The maximum atomic E-state index is 13.7. The maximum Gasteiger partial charge on any atom is 0.507 e. The molecule has 3 nitrogen and oxygen atoms in total. The average Bonchev–Trinajstić information content (AvgIpc) is 2.35. The molecule has 0 amide bonds. The minimum Gasteiger partial charge on any atom is -0.438 e. The molecular weight excluding hydrogens is 246 g/mol. The van der Waals surface area contributed by atoms with Gasteiger partial charge >= 0.3 is 14.9 Å². The highest BCUT2D eigenvalue weighted by Gasteiger charge is 2.36. The van der Waals surface area contributed by atoms with E-state index in [1.54, 1.807) is 18.2 Å². The van der Waals surface area contributed by atoms with Gasteiger partial charge in [-0.2, -0.15) is 0 Å². The van der Waals surface area contributed by atoms with Crippen LogP contribution in [0.25, 0.3) is 0 Å². The molecule has 1 aromatic rings. The first-order chi connectivity index (χ1) is 8.06. The molecule has 0 saturated carbocycles. The number of ether oxygens (including phenoxy) is 2. The Morgan fingerprint density at radius 3 is 2.53 bits per heavy atom. The van der Waals surface area contributed by atoms with Crippen molar-refractivity contribution in [2.24, 2.45) is 0 Å². The number of rotatable bonds is 5. The van der Waals surface area contributed by atoms with E-state index < -0.39 is 14.9 Å². The van der Waals surface area contributed by atoms with Crippen LogP contribution in [0.1, 0.15) is 6.42 Å². The number of hydrogen-bond acceptors (Lipinski definition) is 3. The maximum absolute atomic E-state index is 13.7. The van der Waals surface area contributed by atoms with Crippen molar-refractivity contribution >= 4 is 20.1 Å². The molecular formula is C11H14F2O3Si. The van der Waals surface area contributed by atoms with Crippen LogP contribution < -0.4 is 5.19 Å². The van der Waals surface area contributed by atoms with Crippen LogP contribution in [0.4, 0.5) is 13.0 Å². The summed E-state index contributed by atoms with van der Waals surface area (Å²) in [6.45, 7) is -0.0396. The molecule has 0 aliphatic carbocycles. The first-order valence-corrected chi connectivity index (χ1v) is 7.16. The molecule has 0 heterocycles. The van der Waals surface area contributed by atoms with E-state index in [2.05, 4.69) is 9.47 Å². The van der Waals surface area contributed by atoms with Crippen LogP contribution >= 0.6 is 0 Å². The summed E-state index contributed by atoms with van der Waals surface area (Å²) in [6.07, 6.45) is -0.696. The second-order valence-corrected chi connectivity index (χ2v) is 5.96. The Hall–Kier alpha value is -1.43. The molecule has 0 fully saturated rings. The zero-order valence-corrected chi connectivity index (χ0v) is 10.5. The largest absolute Gasteiger partial charge is 0.507 e. The van der Waals surface area contributed by atoms with Crippen LogP contribution in [0, 0.1) is 0 Å². The van der Waals surface area contributed by atoms with Gasteiger partial charge in [-0.15, -0.1) is 0 Å².